The van der Waals surface area contributed by atoms with Crippen molar-refractivity contribution in [3.05, 3.63) is 72.1 Å². The zero-order valence-electron chi connectivity index (χ0n) is 17.3. The average molecular weight is 422 g/mol. The molecular formula is C21H27BN6O3. The van der Waals surface area contributed by atoms with Gasteiger partial charge in [0.25, 0.3) is 0 Å². The highest BCUT2D eigenvalue weighted by Gasteiger charge is 2.25. The monoisotopic (exact) mass is 422 g/mol. The minimum absolute atomic E-state index is 0.0694. The lowest BCUT2D eigenvalue weighted by Gasteiger charge is -2.19. The Morgan fingerprint density at radius 2 is 2.03 bits per heavy atom. The number of amides is 1. The van der Waals surface area contributed by atoms with Gasteiger partial charge in [-0.25, -0.2) is 5.84 Å². The van der Waals surface area contributed by atoms with E-state index < -0.39 is 13.1 Å². The number of nitrogens with one attached hydrogen (secondary N) is 1. The van der Waals surface area contributed by atoms with E-state index in [0.717, 1.165) is 22.0 Å². The molecule has 0 bridgehead atoms. The van der Waals surface area contributed by atoms with E-state index in [9.17, 15) is 14.8 Å². The van der Waals surface area contributed by atoms with Gasteiger partial charge < -0.3 is 26.1 Å². The molecule has 2 aromatic carbocycles. The topological polar surface area (TPSA) is 143 Å². The molecule has 0 radical (unpaired) electrons. The Kier molecular flexibility index (Phi) is 7.30. The Balaban J connectivity index is 1.55. The quantitative estimate of drug-likeness (QED) is 0.188. The standard InChI is InChI=1S/C21H27BN6O3/c1-27-19-8-7-15(11-17(19)13-25-27)12-20(22(30)31)26-21(29)9-10-28(24)14-18(23)16-5-3-2-4-6-16/h2-8,11,13-14,20,30-31H,9-10,12,23-24H2,1H3,(H,26,29)/b18-14-/t20-/m0/s1. The van der Waals surface area contributed by atoms with Gasteiger partial charge in [-0.15, -0.1) is 0 Å². The number of aromatic nitrogens is 2. The Morgan fingerprint density at radius 1 is 1.29 bits per heavy atom. The Morgan fingerprint density at radius 3 is 2.74 bits per heavy atom. The molecule has 162 valence electrons. The summed E-state index contributed by atoms with van der Waals surface area (Å²) >= 11 is 0. The molecule has 0 aliphatic rings. The van der Waals surface area contributed by atoms with Gasteiger partial charge in [0, 0.05) is 31.6 Å². The third-order valence-electron chi connectivity index (χ3n) is 4.98. The summed E-state index contributed by atoms with van der Waals surface area (Å²) in [6.45, 7) is 0.218. The van der Waals surface area contributed by atoms with Crippen LogP contribution in [-0.2, 0) is 18.3 Å². The molecule has 0 aliphatic carbocycles. The van der Waals surface area contributed by atoms with Crippen LogP contribution in [-0.4, -0.2) is 50.3 Å². The number of rotatable bonds is 9. The highest BCUT2D eigenvalue weighted by Crippen LogP contribution is 2.16. The predicted octanol–water partition coefficient (Wildman–Crippen LogP) is 0.136. The van der Waals surface area contributed by atoms with E-state index >= 15 is 0 Å². The van der Waals surface area contributed by atoms with E-state index in [-0.39, 0.29) is 25.3 Å². The molecule has 0 saturated heterocycles. The summed E-state index contributed by atoms with van der Waals surface area (Å²) in [5, 5.41) is 28.6. The number of hydrazine groups is 1. The molecule has 0 fully saturated rings. The number of fused-ring (bicyclic) bond motifs is 1. The van der Waals surface area contributed by atoms with Crippen LogP contribution in [0.3, 0.4) is 0 Å². The second-order valence-electron chi connectivity index (χ2n) is 7.39. The summed E-state index contributed by atoms with van der Waals surface area (Å²) in [6.07, 6.45) is 3.64. The summed E-state index contributed by atoms with van der Waals surface area (Å²) in [5.41, 5.74) is 9.16. The van der Waals surface area contributed by atoms with Crippen LogP contribution in [0.15, 0.2) is 60.9 Å². The molecule has 1 amide bonds. The number of hydrogen-bond donors (Lipinski definition) is 5. The van der Waals surface area contributed by atoms with Crippen molar-refractivity contribution >= 4 is 29.6 Å². The molecule has 31 heavy (non-hydrogen) atoms. The zero-order valence-corrected chi connectivity index (χ0v) is 17.3. The van der Waals surface area contributed by atoms with Crippen LogP contribution in [0.1, 0.15) is 17.5 Å². The molecule has 1 heterocycles. The van der Waals surface area contributed by atoms with Gasteiger partial charge in [-0.3, -0.25) is 9.48 Å². The summed E-state index contributed by atoms with van der Waals surface area (Å²) in [4.78, 5) is 12.3. The summed E-state index contributed by atoms with van der Waals surface area (Å²) in [5.74, 6) is 4.73. The minimum Gasteiger partial charge on any atom is -0.426 e. The molecule has 3 rings (SSSR count). The van der Waals surface area contributed by atoms with Crippen molar-refractivity contribution in [2.45, 2.75) is 18.8 Å². The largest absolute Gasteiger partial charge is 0.475 e. The fraction of sp³-hybridized carbons (Fsp3) is 0.238. The first kappa shape index (κ1) is 22.4. The van der Waals surface area contributed by atoms with Crippen LogP contribution in [0.4, 0.5) is 0 Å². The van der Waals surface area contributed by atoms with Crippen LogP contribution in [0, 0.1) is 0 Å². The van der Waals surface area contributed by atoms with E-state index in [1.54, 1.807) is 17.1 Å². The number of hydrogen-bond acceptors (Lipinski definition) is 7. The first-order valence-electron chi connectivity index (χ1n) is 9.93. The number of carbonyl (C=O) groups excluding carboxylic acids is 1. The molecule has 0 aliphatic heterocycles. The fourth-order valence-corrected chi connectivity index (χ4v) is 3.28. The van der Waals surface area contributed by atoms with Gasteiger partial charge in [-0.05, 0) is 29.7 Å². The predicted molar refractivity (Wildman–Crippen MR) is 121 cm³/mol. The Hall–Kier alpha value is -3.34. The molecule has 3 aromatic rings. The van der Waals surface area contributed by atoms with Crippen molar-refractivity contribution in [1.29, 1.82) is 0 Å². The van der Waals surface area contributed by atoms with E-state index in [0.29, 0.717) is 5.70 Å². The van der Waals surface area contributed by atoms with Crippen LogP contribution in [0.2, 0.25) is 0 Å². The normalized spacial score (nSPS) is 12.6. The van der Waals surface area contributed by atoms with Gasteiger partial charge in [0.15, 0.2) is 0 Å². The van der Waals surface area contributed by atoms with Crippen molar-refractivity contribution in [2.75, 3.05) is 6.54 Å². The molecule has 0 spiro atoms. The fourth-order valence-electron chi connectivity index (χ4n) is 3.28. The molecule has 9 nitrogen and oxygen atoms in total. The smallest absolute Gasteiger partial charge is 0.426 e. The lowest BCUT2D eigenvalue weighted by atomic mass is 9.75. The van der Waals surface area contributed by atoms with Gasteiger partial charge >= 0.3 is 7.12 Å². The number of carbonyl (C=O) groups is 1. The maximum absolute atomic E-state index is 12.3. The van der Waals surface area contributed by atoms with Crippen molar-refractivity contribution in [2.24, 2.45) is 18.6 Å². The second kappa shape index (κ2) is 10.1. The molecule has 7 N–H and O–H groups in total. The van der Waals surface area contributed by atoms with Crippen molar-refractivity contribution in [1.82, 2.24) is 20.1 Å². The van der Waals surface area contributed by atoms with Crippen LogP contribution >= 0.6 is 0 Å². The first-order valence-corrected chi connectivity index (χ1v) is 9.93. The highest BCUT2D eigenvalue weighted by atomic mass is 16.4. The van der Waals surface area contributed by atoms with Crippen LogP contribution in [0.5, 0.6) is 0 Å². The number of nitrogens with two attached hydrogens (primary N) is 2. The molecule has 0 saturated carbocycles. The maximum Gasteiger partial charge on any atom is 0.475 e. The molecule has 10 heteroatoms. The zero-order chi connectivity index (χ0) is 22.4. The van der Waals surface area contributed by atoms with Gasteiger partial charge in [0.05, 0.1) is 23.4 Å². The lowest BCUT2D eigenvalue weighted by molar-refractivity contribution is -0.121. The van der Waals surface area contributed by atoms with Gasteiger partial charge in [0.1, 0.15) is 0 Å². The van der Waals surface area contributed by atoms with Crippen molar-refractivity contribution < 1.29 is 14.8 Å². The first-order chi connectivity index (χ1) is 14.8. The molecule has 0 unspecified atom stereocenters. The molecule has 1 atom stereocenters. The summed E-state index contributed by atoms with van der Waals surface area (Å²) < 4.78 is 1.76. The Bertz CT molecular complexity index is 1050. The van der Waals surface area contributed by atoms with Crippen molar-refractivity contribution in [3.63, 3.8) is 0 Å². The molecular weight excluding hydrogens is 395 g/mol. The van der Waals surface area contributed by atoms with Crippen LogP contribution < -0.4 is 16.9 Å². The lowest BCUT2D eigenvalue weighted by Crippen LogP contribution is -2.48. The average Bonchev–Trinajstić information content (AvgIpc) is 3.12. The third kappa shape index (κ3) is 6.08. The maximum atomic E-state index is 12.3. The summed E-state index contributed by atoms with van der Waals surface area (Å²) in [7, 11) is 0.155. The second-order valence-corrected chi connectivity index (χ2v) is 7.39. The van der Waals surface area contributed by atoms with E-state index in [1.807, 2.05) is 55.6 Å². The molecule has 1 aromatic heterocycles. The van der Waals surface area contributed by atoms with E-state index in [4.69, 9.17) is 11.6 Å². The third-order valence-corrected chi connectivity index (χ3v) is 4.98. The van der Waals surface area contributed by atoms with Crippen LogP contribution in [0.25, 0.3) is 16.6 Å². The highest BCUT2D eigenvalue weighted by molar-refractivity contribution is 6.43. The summed E-state index contributed by atoms with van der Waals surface area (Å²) in [6, 6.07) is 15.1. The van der Waals surface area contributed by atoms with Gasteiger partial charge in [0.2, 0.25) is 5.91 Å². The number of nitrogens with zero attached hydrogens (tertiary/aromatic N) is 3. The van der Waals surface area contributed by atoms with Gasteiger partial charge in [-0.1, -0.05) is 36.4 Å². The van der Waals surface area contributed by atoms with Crippen molar-refractivity contribution in [3.8, 4) is 0 Å². The Labute approximate surface area is 181 Å². The number of benzene rings is 2. The van der Waals surface area contributed by atoms with E-state index in [1.165, 1.54) is 5.01 Å². The minimum atomic E-state index is -1.70. The SMILES string of the molecule is Cn1ncc2cc(C[C@H](NC(=O)CCN(N)/C=C(\N)c3ccccc3)B(O)O)ccc21. The van der Waals surface area contributed by atoms with E-state index in [2.05, 4.69) is 10.4 Å². The van der Waals surface area contributed by atoms with Gasteiger partial charge in [-0.2, -0.15) is 5.10 Å². The number of aryl methyl sites for hydroxylation is 1.